The van der Waals surface area contributed by atoms with E-state index in [0.29, 0.717) is 25.2 Å². The maximum Gasteiger partial charge on any atom is 0.221 e. The zero-order valence-corrected chi connectivity index (χ0v) is 16.3. The van der Waals surface area contributed by atoms with Crippen LogP contribution in [0.15, 0.2) is 84.9 Å². The Morgan fingerprint density at radius 2 is 1.52 bits per heavy atom. The third kappa shape index (κ3) is 4.33. The number of hydrogen-bond donors (Lipinski definition) is 2. The summed E-state index contributed by atoms with van der Waals surface area (Å²) in [6.07, 6.45) is 0.771. The molecule has 1 heterocycles. The number of carbonyl (C=O) groups excluding carboxylic acids is 1. The van der Waals surface area contributed by atoms with E-state index in [1.807, 2.05) is 84.9 Å². The molecule has 4 nitrogen and oxygen atoms in total. The van der Waals surface area contributed by atoms with Crippen LogP contribution in [0.1, 0.15) is 35.4 Å². The Kier molecular flexibility index (Phi) is 5.63. The summed E-state index contributed by atoms with van der Waals surface area (Å²) in [4.78, 5) is 12.8. The standard InChI is InChI=1S/C25H25NO3/c27-24(26-18-25(28)15-16-29-23-14-8-7-13-22(23)25)17-21(19-9-3-1-4-10-19)20-11-5-2-6-12-20/h1-14,21,28H,15-18H2,(H,26,27). The number of ether oxygens (including phenoxy) is 1. The Labute approximate surface area is 171 Å². The molecule has 0 bridgehead atoms. The minimum atomic E-state index is -1.11. The monoisotopic (exact) mass is 387 g/mol. The Morgan fingerprint density at radius 3 is 2.17 bits per heavy atom. The third-order valence-corrected chi connectivity index (χ3v) is 5.53. The fourth-order valence-corrected chi connectivity index (χ4v) is 3.93. The number of benzene rings is 3. The molecule has 0 spiro atoms. The van der Waals surface area contributed by atoms with Gasteiger partial charge in [-0.3, -0.25) is 4.79 Å². The Balaban J connectivity index is 1.48. The molecule has 0 radical (unpaired) electrons. The van der Waals surface area contributed by atoms with Gasteiger partial charge in [0.1, 0.15) is 11.4 Å². The zero-order chi connectivity index (χ0) is 20.1. The van der Waals surface area contributed by atoms with Gasteiger partial charge in [0.25, 0.3) is 0 Å². The summed E-state index contributed by atoms with van der Waals surface area (Å²) in [5, 5.41) is 14.1. The average molecular weight is 387 g/mol. The number of nitrogens with one attached hydrogen (secondary N) is 1. The van der Waals surface area contributed by atoms with Crippen LogP contribution in [0.25, 0.3) is 0 Å². The van der Waals surface area contributed by atoms with E-state index in [2.05, 4.69) is 5.32 Å². The van der Waals surface area contributed by atoms with Gasteiger partial charge >= 0.3 is 0 Å². The molecule has 1 aliphatic heterocycles. The summed E-state index contributed by atoms with van der Waals surface area (Å²) in [5.41, 5.74) is 1.82. The third-order valence-electron chi connectivity index (χ3n) is 5.53. The summed E-state index contributed by atoms with van der Waals surface area (Å²) in [6, 6.07) is 27.6. The maximum atomic E-state index is 12.8. The second-order valence-electron chi connectivity index (χ2n) is 7.48. The summed E-state index contributed by atoms with van der Waals surface area (Å²) < 4.78 is 5.63. The number of aliphatic hydroxyl groups is 1. The molecule has 0 fully saturated rings. The van der Waals surface area contributed by atoms with E-state index in [-0.39, 0.29) is 18.4 Å². The number of hydrogen-bond acceptors (Lipinski definition) is 3. The molecular formula is C25H25NO3. The number of carbonyl (C=O) groups is 1. The number of amides is 1. The van der Waals surface area contributed by atoms with Gasteiger partial charge in [0.05, 0.1) is 13.2 Å². The van der Waals surface area contributed by atoms with Crippen molar-refractivity contribution in [1.82, 2.24) is 5.32 Å². The second kappa shape index (κ2) is 8.50. The SMILES string of the molecule is O=C(CC(c1ccccc1)c1ccccc1)NCC1(O)CCOc2ccccc21. The molecule has 0 saturated heterocycles. The van der Waals surface area contributed by atoms with E-state index in [9.17, 15) is 9.90 Å². The fourth-order valence-electron chi connectivity index (χ4n) is 3.93. The van der Waals surface area contributed by atoms with Crippen molar-refractivity contribution in [2.45, 2.75) is 24.4 Å². The molecule has 0 aromatic heterocycles. The molecule has 0 aliphatic carbocycles. The number of fused-ring (bicyclic) bond motifs is 1. The molecule has 1 amide bonds. The van der Waals surface area contributed by atoms with Crippen LogP contribution in [0.5, 0.6) is 5.75 Å². The predicted octanol–water partition coefficient (Wildman–Crippen LogP) is 4.00. The second-order valence-corrected chi connectivity index (χ2v) is 7.48. The topological polar surface area (TPSA) is 58.6 Å². The minimum absolute atomic E-state index is 0.0333. The average Bonchev–Trinajstić information content (AvgIpc) is 2.78. The van der Waals surface area contributed by atoms with Crippen molar-refractivity contribution in [3.05, 3.63) is 102 Å². The van der Waals surface area contributed by atoms with E-state index < -0.39 is 5.60 Å². The van der Waals surface area contributed by atoms with Gasteiger partial charge in [-0.1, -0.05) is 78.9 Å². The highest BCUT2D eigenvalue weighted by molar-refractivity contribution is 5.77. The summed E-state index contributed by atoms with van der Waals surface area (Å²) >= 11 is 0. The molecule has 29 heavy (non-hydrogen) atoms. The smallest absolute Gasteiger partial charge is 0.221 e. The Morgan fingerprint density at radius 1 is 0.931 bits per heavy atom. The number of rotatable bonds is 6. The van der Waals surface area contributed by atoms with Crippen LogP contribution in [0.3, 0.4) is 0 Å². The normalized spacial score (nSPS) is 18.0. The van der Waals surface area contributed by atoms with E-state index in [0.717, 1.165) is 16.7 Å². The lowest BCUT2D eigenvalue weighted by atomic mass is 9.87. The van der Waals surface area contributed by atoms with Gasteiger partial charge in [-0.15, -0.1) is 0 Å². The molecule has 0 saturated carbocycles. The molecule has 148 valence electrons. The zero-order valence-electron chi connectivity index (χ0n) is 16.3. The first-order valence-corrected chi connectivity index (χ1v) is 9.97. The highest BCUT2D eigenvalue weighted by atomic mass is 16.5. The molecule has 2 N–H and O–H groups in total. The Bertz CT molecular complexity index is 919. The molecule has 1 unspecified atom stereocenters. The highest BCUT2D eigenvalue weighted by Gasteiger charge is 2.36. The fraction of sp³-hybridized carbons (Fsp3) is 0.240. The summed E-state index contributed by atoms with van der Waals surface area (Å²) in [6.45, 7) is 0.600. The van der Waals surface area contributed by atoms with E-state index in [4.69, 9.17) is 4.74 Å². The van der Waals surface area contributed by atoms with Crippen molar-refractivity contribution in [3.63, 3.8) is 0 Å². The van der Waals surface area contributed by atoms with Crippen LogP contribution < -0.4 is 10.1 Å². The largest absolute Gasteiger partial charge is 0.493 e. The van der Waals surface area contributed by atoms with Gasteiger partial charge in [-0.25, -0.2) is 0 Å². The van der Waals surface area contributed by atoms with Gasteiger partial charge in [0.15, 0.2) is 0 Å². The van der Waals surface area contributed by atoms with Crippen LogP contribution >= 0.6 is 0 Å². The van der Waals surface area contributed by atoms with E-state index in [1.165, 1.54) is 0 Å². The highest BCUT2D eigenvalue weighted by Crippen LogP contribution is 2.36. The van der Waals surface area contributed by atoms with Gasteiger partial charge < -0.3 is 15.2 Å². The molecule has 1 aliphatic rings. The summed E-state index contributed by atoms with van der Waals surface area (Å²) in [5.74, 6) is 0.566. The van der Waals surface area contributed by atoms with Crippen molar-refractivity contribution in [1.29, 1.82) is 0 Å². The van der Waals surface area contributed by atoms with E-state index in [1.54, 1.807) is 0 Å². The van der Waals surface area contributed by atoms with Crippen molar-refractivity contribution in [2.75, 3.05) is 13.2 Å². The molecule has 1 atom stereocenters. The van der Waals surface area contributed by atoms with Gasteiger partial charge in [-0.2, -0.15) is 0 Å². The first-order chi connectivity index (χ1) is 14.2. The minimum Gasteiger partial charge on any atom is -0.493 e. The number of para-hydroxylation sites is 1. The quantitative estimate of drug-likeness (QED) is 0.672. The first-order valence-electron chi connectivity index (χ1n) is 9.97. The molecule has 3 aromatic rings. The first kappa shape index (κ1) is 19.2. The van der Waals surface area contributed by atoms with Crippen LogP contribution in [0, 0.1) is 0 Å². The van der Waals surface area contributed by atoms with Gasteiger partial charge in [0, 0.05) is 24.3 Å². The lowest BCUT2D eigenvalue weighted by molar-refractivity contribution is -0.123. The van der Waals surface area contributed by atoms with Crippen LogP contribution in [0.2, 0.25) is 0 Å². The van der Waals surface area contributed by atoms with Crippen LogP contribution in [0.4, 0.5) is 0 Å². The van der Waals surface area contributed by atoms with E-state index >= 15 is 0 Å². The summed E-state index contributed by atoms with van der Waals surface area (Å²) in [7, 11) is 0. The molecule has 4 heteroatoms. The van der Waals surface area contributed by atoms with Gasteiger partial charge in [0.2, 0.25) is 5.91 Å². The van der Waals surface area contributed by atoms with Crippen molar-refractivity contribution < 1.29 is 14.6 Å². The van der Waals surface area contributed by atoms with Crippen LogP contribution in [-0.4, -0.2) is 24.2 Å². The Hall–Kier alpha value is -3.11. The molecule has 4 rings (SSSR count). The van der Waals surface area contributed by atoms with Gasteiger partial charge in [-0.05, 0) is 17.2 Å². The molecular weight excluding hydrogens is 362 g/mol. The predicted molar refractivity (Wildman–Crippen MR) is 113 cm³/mol. The lowest BCUT2D eigenvalue weighted by Gasteiger charge is -2.34. The molecule has 3 aromatic carbocycles. The van der Waals surface area contributed by atoms with Crippen molar-refractivity contribution >= 4 is 5.91 Å². The maximum absolute atomic E-state index is 12.8. The van der Waals surface area contributed by atoms with Crippen LogP contribution in [-0.2, 0) is 10.4 Å². The lowest BCUT2D eigenvalue weighted by Crippen LogP contribution is -2.44. The van der Waals surface area contributed by atoms with Crippen molar-refractivity contribution in [2.24, 2.45) is 0 Å². The van der Waals surface area contributed by atoms with Crippen molar-refractivity contribution in [3.8, 4) is 5.75 Å².